The van der Waals surface area contributed by atoms with Crippen molar-refractivity contribution in [3.63, 3.8) is 0 Å². The number of amides is 1. The number of methoxy groups -OCH3 is 1. The van der Waals surface area contributed by atoms with E-state index in [0.717, 1.165) is 11.8 Å². The lowest BCUT2D eigenvalue weighted by Crippen LogP contribution is -2.23. The zero-order valence-corrected chi connectivity index (χ0v) is 19.4. The van der Waals surface area contributed by atoms with Gasteiger partial charge in [0.1, 0.15) is 0 Å². The molecule has 0 aliphatic rings. The average molecular weight is 447 g/mol. The predicted octanol–water partition coefficient (Wildman–Crippen LogP) is 3.39. The summed E-state index contributed by atoms with van der Waals surface area (Å²) in [6.45, 7) is 6.69. The maximum Gasteiger partial charge on any atom is 0.340 e. The molecule has 8 heteroatoms. The summed E-state index contributed by atoms with van der Waals surface area (Å²) in [5.41, 5.74) is 3.29. The van der Waals surface area contributed by atoms with Gasteiger partial charge in [0.05, 0.1) is 24.6 Å². The summed E-state index contributed by atoms with van der Waals surface area (Å²) in [6, 6.07) is 12.9. The Morgan fingerprint density at radius 1 is 1.00 bits per heavy atom. The Kier molecular flexibility index (Phi) is 7.84. The van der Waals surface area contributed by atoms with Gasteiger partial charge >= 0.3 is 5.97 Å². The van der Waals surface area contributed by atoms with E-state index in [4.69, 9.17) is 4.74 Å². The first-order valence-electron chi connectivity index (χ1n) is 9.94. The number of hydrogen-bond donors (Lipinski definition) is 2. The molecule has 0 aliphatic heterocycles. The van der Waals surface area contributed by atoms with Gasteiger partial charge in [-0.15, -0.1) is 0 Å². The maximum atomic E-state index is 12.3. The average Bonchev–Trinajstić information content (AvgIpc) is 2.69. The van der Waals surface area contributed by atoms with Crippen molar-refractivity contribution in [3.05, 3.63) is 64.7 Å². The first-order chi connectivity index (χ1) is 14.4. The molecule has 0 fully saturated rings. The lowest BCUT2D eigenvalue weighted by molar-refractivity contribution is -0.121. The number of carbonyl (C=O) groups is 2. The molecule has 0 bridgehead atoms. The topological polar surface area (TPSA) is 102 Å². The van der Waals surface area contributed by atoms with Crippen LogP contribution in [-0.2, 0) is 37.9 Å². The molecule has 0 radical (unpaired) electrons. The number of hydrogen-bond acceptors (Lipinski definition) is 5. The Labute approximate surface area is 184 Å². The van der Waals surface area contributed by atoms with Crippen molar-refractivity contribution in [1.29, 1.82) is 0 Å². The van der Waals surface area contributed by atoms with Gasteiger partial charge in [0.2, 0.25) is 15.9 Å². The van der Waals surface area contributed by atoms with E-state index in [2.05, 4.69) is 42.9 Å². The molecule has 2 aromatic carbocycles. The van der Waals surface area contributed by atoms with Crippen LogP contribution in [0, 0.1) is 0 Å². The van der Waals surface area contributed by atoms with Crippen LogP contribution < -0.4 is 10.0 Å². The van der Waals surface area contributed by atoms with Gasteiger partial charge in [-0.3, -0.25) is 9.52 Å². The smallest absolute Gasteiger partial charge is 0.340 e. The molecular formula is C23H30N2O5S. The molecule has 0 saturated carbocycles. The third-order valence-electron chi connectivity index (χ3n) is 4.74. The standard InChI is InChI=1S/C23H30N2O5S/c1-23(2,3)18-10-6-16(7-11-18)9-13-21(26)24-15-17-8-12-20(25-31(5,28)29)19(14-17)22(27)30-4/h6-8,10-12,14,25H,9,13,15H2,1-5H3,(H,24,26). The van der Waals surface area contributed by atoms with Crippen LogP contribution >= 0.6 is 0 Å². The highest BCUT2D eigenvalue weighted by Crippen LogP contribution is 2.23. The van der Waals surface area contributed by atoms with E-state index >= 15 is 0 Å². The minimum absolute atomic E-state index is 0.0820. The lowest BCUT2D eigenvalue weighted by Gasteiger charge is -2.19. The van der Waals surface area contributed by atoms with Gasteiger partial charge in [0, 0.05) is 13.0 Å². The number of benzene rings is 2. The molecule has 0 atom stereocenters. The van der Waals surface area contributed by atoms with Crippen LogP contribution in [0.3, 0.4) is 0 Å². The van der Waals surface area contributed by atoms with Crippen molar-refractivity contribution in [2.75, 3.05) is 18.1 Å². The number of rotatable bonds is 8. The van der Waals surface area contributed by atoms with E-state index in [-0.39, 0.29) is 29.1 Å². The second kappa shape index (κ2) is 9.96. The first kappa shape index (κ1) is 24.4. The van der Waals surface area contributed by atoms with E-state index in [0.29, 0.717) is 18.4 Å². The fourth-order valence-corrected chi connectivity index (χ4v) is 3.56. The molecule has 1 amide bonds. The molecule has 2 N–H and O–H groups in total. The fraction of sp³-hybridized carbons (Fsp3) is 0.391. The van der Waals surface area contributed by atoms with Crippen molar-refractivity contribution >= 4 is 27.6 Å². The Morgan fingerprint density at radius 2 is 1.61 bits per heavy atom. The van der Waals surface area contributed by atoms with Crippen LogP contribution in [0.15, 0.2) is 42.5 Å². The predicted molar refractivity (Wildman–Crippen MR) is 122 cm³/mol. The number of sulfonamides is 1. The van der Waals surface area contributed by atoms with Crippen molar-refractivity contribution < 1.29 is 22.7 Å². The summed E-state index contributed by atoms with van der Waals surface area (Å²) in [5, 5.41) is 2.83. The zero-order chi connectivity index (χ0) is 23.2. The van der Waals surface area contributed by atoms with Crippen LogP contribution in [0.5, 0.6) is 0 Å². The van der Waals surface area contributed by atoms with Gasteiger partial charge in [-0.25, -0.2) is 13.2 Å². The molecular weight excluding hydrogens is 416 g/mol. The molecule has 2 rings (SSSR count). The molecule has 0 spiro atoms. The SMILES string of the molecule is COC(=O)c1cc(CNC(=O)CCc2ccc(C(C)(C)C)cc2)ccc1NS(C)(=O)=O. The van der Waals surface area contributed by atoms with Crippen molar-refractivity contribution in [2.24, 2.45) is 0 Å². The number of esters is 1. The number of carbonyl (C=O) groups excluding carboxylic acids is 2. The van der Waals surface area contributed by atoms with Crippen LogP contribution in [0.25, 0.3) is 0 Å². The number of ether oxygens (including phenoxy) is 1. The van der Waals surface area contributed by atoms with E-state index < -0.39 is 16.0 Å². The Hall–Kier alpha value is -2.87. The maximum absolute atomic E-state index is 12.3. The monoisotopic (exact) mass is 446 g/mol. The third kappa shape index (κ3) is 7.71. The summed E-state index contributed by atoms with van der Waals surface area (Å²) < 4.78 is 30.0. The molecule has 7 nitrogen and oxygen atoms in total. The van der Waals surface area contributed by atoms with E-state index in [1.807, 2.05) is 12.1 Å². The highest BCUT2D eigenvalue weighted by molar-refractivity contribution is 7.92. The second-order valence-corrected chi connectivity index (χ2v) is 10.2. The van der Waals surface area contributed by atoms with Gasteiger partial charge in [0.15, 0.2) is 0 Å². The van der Waals surface area contributed by atoms with Gasteiger partial charge in [-0.2, -0.15) is 0 Å². The van der Waals surface area contributed by atoms with Crippen LogP contribution in [0.2, 0.25) is 0 Å². The minimum Gasteiger partial charge on any atom is -0.465 e. The molecule has 0 saturated heterocycles. The quantitative estimate of drug-likeness (QED) is 0.605. The Balaban J connectivity index is 1.97. The number of anilines is 1. The molecule has 31 heavy (non-hydrogen) atoms. The van der Waals surface area contributed by atoms with Crippen LogP contribution in [0.1, 0.15) is 54.2 Å². The summed E-state index contributed by atoms with van der Waals surface area (Å²) in [5.74, 6) is -0.782. The van der Waals surface area contributed by atoms with Crippen LogP contribution in [0.4, 0.5) is 5.69 Å². The highest BCUT2D eigenvalue weighted by Gasteiger charge is 2.16. The Morgan fingerprint density at radius 3 is 2.16 bits per heavy atom. The van der Waals surface area contributed by atoms with Crippen LogP contribution in [-0.4, -0.2) is 33.7 Å². The molecule has 0 aliphatic carbocycles. The van der Waals surface area contributed by atoms with Gasteiger partial charge in [-0.1, -0.05) is 51.1 Å². The molecule has 2 aromatic rings. The van der Waals surface area contributed by atoms with Gasteiger partial charge < -0.3 is 10.1 Å². The summed E-state index contributed by atoms with van der Waals surface area (Å²) in [4.78, 5) is 24.3. The molecule has 0 heterocycles. The highest BCUT2D eigenvalue weighted by atomic mass is 32.2. The summed E-state index contributed by atoms with van der Waals surface area (Å²) in [6.07, 6.45) is 1.96. The molecule has 0 aromatic heterocycles. The van der Waals surface area contributed by atoms with E-state index in [1.54, 1.807) is 6.07 Å². The number of aryl methyl sites for hydroxylation is 1. The van der Waals surface area contributed by atoms with E-state index in [9.17, 15) is 18.0 Å². The normalized spacial score (nSPS) is 11.6. The van der Waals surface area contributed by atoms with Crippen molar-refractivity contribution in [2.45, 2.75) is 45.6 Å². The fourth-order valence-electron chi connectivity index (χ4n) is 2.99. The summed E-state index contributed by atoms with van der Waals surface area (Å²) >= 11 is 0. The van der Waals surface area contributed by atoms with Gasteiger partial charge in [-0.05, 0) is 40.7 Å². The van der Waals surface area contributed by atoms with Crippen molar-refractivity contribution in [3.8, 4) is 0 Å². The number of nitrogens with one attached hydrogen (secondary N) is 2. The summed E-state index contributed by atoms with van der Waals surface area (Å²) in [7, 11) is -2.33. The largest absolute Gasteiger partial charge is 0.465 e. The molecule has 168 valence electrons. The minimum atomic E-state index is -3.55. The molecule has 0 unspecified atom stereocenters. The first-order valence-corrected chi connectivity index (χ1v) is 11.8. The Bertz CT molecular complexity index is 1040. The second-order valence-electron chi connectivity index (χ2n) is 8.47. The van der Waals surface area contributed by atoms with E-state index in [1.165, 1.54) is 24.8 Å². The lowest BCUT2D eigenvalue weighted by atomic mass is 9.86. The van der Waals surface area contributed by atoms with Gasteiger partial charge in [0.25, 0.3) is 0 Å². The zero-order valence-electron chi connectivity index (χ0n) is 18.6. The van der Waals surface area contributed by atoms with Crippen molar-refractivity contribution in [1.82, 2.24) is 5.32 Å². The third-order valence-corrected chi connectivity index (χ3v) is 5.33.